The second kappa shape index (κ2) is 7.17. The molecule has 0 aromatic carbocycles. The van der Waals surface area contributed by atoms with Gasteiger partial charge >= 0.3 is 0 Å². The molecule has 0 saturated carbocycles. The minimum atomic E-state index is 0.303. The van der Waals surface area contributed by atoms with Gasteiger partial charge in [0.25, 0.3) is 0 Å². The number of nitrogens with zero attached hydrogens (tertiary/aromatic N) is 4. The number of hydrogen-bond acceptors (Lipinski definition) is 6. The number of pyridine rings is 1. The minimum absolute atomic E-state index is 0.303. The Bertz CT molecular complexity index is 586. The molecule has 6 nitrogen and oxygen atoms in total. The Morgan fingerprint density at radius 1 is 1.32 bits per heavy atom. The average molecular weight is 299 g/mol. The molecule has 116 valence electrons. The monoisotopic (exact) mass is 299 g/mol. The first-order valence-electron chi connectivity index (χ1n) is 7.60. The van der Waals surface area contributed by atoms with Gasteiger partial charge < -0.3 is 10.1 Å². The Morgan fingerprint density at radius 3 is 2.91 bits per heavy atom. The lowest BCUT2D eigenvalue weighted by Gasteiger charge is -2.28. The third kappa shape index (κ3) is 3.51. The molecule has 0 amide bonds. The van der Waals surface area contributed by atoms with E-state index in [1.807, 2.05) is 24.5 Å². The highest BCUT2D eigenvalue weighted by molar-refractivity contribution is 5.37. The Morgan fingerprint density at radius 2 is 2.18 bits per heavy atom. The van der Waals surface area contributed by atoms with Gasteiger partial charge in [0.15, 0.2) is 0 Å². The predicted octanol–water partition coefficient (Wildman–Crippen LogP) is 2.13. The van der Waals surface area contributed by atoms with Crippen LogP contribution in [-0.2, 0) is 0 Å². The summed E-state index contributed by atoms with van der Waals surface area (Å²) in [6.07, 6.45) is 7.80. The average Bonchev–Trinajstić information content (AvgIpc) is 3.10. The zero-order chi connectivity index (χ0) is 15.2. The van der Waals surface area contributed by atoms with E-state index < -0.39 is 0 Å². The molecule has 1 N–H and O–H groups in total. The number of nitrogens with one attached hydrogen (secondary N) is 1. The van der Waals surface area contributed by atoms with Gasteiger partial charge in [0, 0.05) is 25.0 Å². The highest BCUT2D eigenvalue weighted by Crippen LogP contribution is 2.25. The smallest absolute Gasteiger partial charge is 0.218 e. The summed E-state index contributed by atoms with van der Waals surface area (Å²) >= 11 is 0. The molecule has 1 fully saturated rings. The maximum absolute atomic E-state index is 5.13. The molecule has 3 rings (SSSR count). The van der Waals surface area contributed by atoms with Crippen molar-refractivity contribution in [1.29, 1.82) is 0 Å². The molecule has 6 heteroatoms. The van der Waals surface area contributed by atoms with E-state index >= 15 is 0 Å². The van der Waals surface area contributed by atoms with Gasteiger partial charge in [0.2, 0.25) is 5.88 Å². The van der Waals surface area contributed by atoms with Crippen molar-refractivity contribution in [3.63, 3.8) is 0 Å². The first kappa shape index (κ1) is 14.7. The molecule has 1 atom stereocenters. The molecule has 2 aromatic rings. The molecule has 0 unspecified atom stereocenters. The molecule has 0 radical (unpaired) electrons. The summed E-state index contributed by atoms with van der Waals surface area (Å²) in [5.74, 6) is 1.34. The highest BCUT2D eigenvalue weighted by Gasteiger charge is 2.23. The van der Waals surface area contributed by atoms with Crippen molar-refractivity contribution in [2.75, 3.05) is 32.1 Å². The van der Waals surface area contributed by atoms with E-state index in [0.29, 0.717) is 11.9 Å². The Kier molecular flexibility index (Phi) is 4.80. The van der Waals surface area contributed by atoms with Crippen LogP contribution in [-0.4, -0.2) is 46.6 Å². The largest absolute Gasteiger partial charge is 0.481 e. The zero-order valence-corrected chi connectivity index (χ0v) is 12.8. The summed E-state index contributed by atoms with van der Waals surface area (Å²) in [5, 5.41) is 3.39. The summed E-state index contributed by atoms with van der Waals surface area (Å²) in [5.41, 5.74) is 1.23. The number of hydrogen-bond donors (Lipinski definition) is 1. The van der Waals surface area contributed by atoms with Crippen LogP contribution in [0, 0.1) is 0 Å². The summed E-state index contributed by atoms with van der Waals surface area (Å²) in [6.45, 7) is 3.05. The Hall–Kier alpha value is -2.21. The van der Waals surface area contributed by atoms with Crippen molar-refractivity contribution >= 4 is 5.82 Å². The highest BCUT2D eigenvalue weighted by atomic mass is 16.5. The second-order valence-corrected chi connectivity index (χ2v) is 5.37. The summed E-state index contributed by atoms with van der Waals surface area (Å²) in [7, 11) is 1.61. The Balaban J connectivity index is 1.72. The van der Waals surface area contributed by atoms with Crippen LogP contribution in [0.2, 0.25) is 0 Å². The van der Waals surface area contributed by atoms with E-state index in [4.69, 9.17) is 4.74 Å². The van der Waals surface area contributed by atoms with Gasteiger partial charge in [-0.1, -0.05) is 6.07 Å². The fraction of sp³-hybridized carbons (Fsp3) is 0.438. The van der Waals surface area contributed by atoms with Gasteiger partial charge in [-0.15, -0.1) is 0 Å². The fourth-order valence-electron chi connectivity index (χ4n) is 2.83. The molecule has 1 aliphatic rings. The topological polar surface area (TPSA) is 63.2 Å². The van der Waals surface area contributed by atoms with Gasteiger partial charge in [0.05, 0.1) is 13.2 Å². The van der Waals surface area contributed by atoms with Crippen molar-refractivity contribution in [3.8, 4) is 5.88 Å². The molecular weight excluding hydrogens is 278 g/mol. The normalized spacial score (nSPS) is 16.4. The van der Waals surface area contributed by atoms with Crippen molar-refractivity contribution < 1.29 is 4.74 Å². The third-order valence-corrected chi connectivity index (χ3v) is 3.98. The van der Waals surface area contributed by atoms with Crippen LogP contribution in [0.15, 0.2) is 36.9 Å². The van der Waals surface area contributed by atoms with E-state index in [9.17, 15) is 0 Å². The molecule has 2 aromatic heterocycles. The third-order valence-electron chi connectivity index (χ3n) is 3.98. The molecule has 0 bridgehead atoms. The lowest BCUT2D eigenvalue weighted by atomic mass is 10.1. The van der Waals surface area contributed by atoms with Crippen LogP contribution in [0.3, 0.4) is 0 Å². The van der Waals surface area contributed by atoms with E-state index in [0.717, 1.165) is 25.5 Å². The van der Waals surface area contributed by atoms with Crippen molar-refractivity contribution in [2.24, 2.45) is 0 Å². The van der Waals surface area contributed by atoms with Crippen molar-refractivity contribution in [2.45, 2.75) is 18.9 Å². The number of aromatic nitrogens is 3. The van der Waals surface area contributed by atoms with Crippen LogP contribution in [0.25, 0.3) is 0 Å². The Labute approximate surface area is 130 Å². The van der Waals surface area contributed by atoms with Crippen molar-refractivity contribution in [3.05, 3.63) is 42.5 Å². The first-order valence-corrected chi connectivity index (χ1v) is 7.60. The lowest BCUT2D eigenvalue weighted by molar-refractivity contribution is 0.255. The van der Waals surface area contributed by atoms with E-state index in [2.05, 4.69) is 31.2 Å². The van der Waals surface area contributed by atoms with Crippen molar-refractivity contribution in [1.82, 2.24) is 19.9 Å². The standard InChI is InChI=1S/C16H21N5O/c1-22-16-9-15(19-12-20-16)18-11-14(21-7-2-3-8-21)13-5-4-6-17-10-13/h4-6,9-10,12,14H,2-3,7-8,11H2,1H3,(H,18,19,20)/t14-/m1/s1. The number of rotatable bonds is 6. The summed E-state index contributed by atoms with van der Waals surface area (Å²) in [6, 6.07) is 6.24. The van der Waals surface area contributed by atoms with Gasteiger partial charge in [-0.2, -0.15) is 0 Å². The van der Waals surface area contributed by atoms with Gasteiger partial charge in [-0.3, -0.25) is 9.88 Å². The molecule has 0 aliphatic carbocycles. The quantitative estimate of drug-likeness (QED) is 0.881. The van der Waals surface area contributed by atoms with Gasteiger partial charge in [0.1, 0.15) is 12.1 Å². The van der Waals surface area contributed by atoms with E-state index in [1.54, 1.807) is 7.11 Å². The molecular formula is C16H21N5O. The van der Waals surface area contributed by atoms with Crippen LogP contribution in [0.5, 0.6) is 5.88 Å². The van der Waals surface area contributed by atoms with E-state index in [1.165, 1.54) is 24.7 Å². The molecule has 22 heavy (non-hydrogen) atoms. The number of ether oxygens (including phenoxy) is 1. The first-order chi connectivity index (χ1) is 10.9. The summed E-state index contributed by atoms with van der Waals surface area (Å²) < 4.78 is 5.13. The minimum Gasteiger partial charge on any atom is -0.481 e. The number of methoxy groups -OCH3 is 1. The molecule has 1 aliphatic heterocycles. The summed E-state index contributed by atoms with van der Waals surface area (Å²) in [4.78, 5) is 15.0. The van der Waals surface area contributed by atoms with Gasteiger partial charge in [-0.25, -0.2) is 9.97 Å². The zero-order valence-electron chi connectivity index (χ0n) is 12.8. The number of anilines is 1. The molecule has 1 saturated heterocycles. The fourth-order valence-corrected chi connectivity index (χ4v) is 2.83. The van der Waals surface area contributed by atoms with E-state index in [-0.39, 0.29) is 0 Å². The molecule has 3 heterocycles. The van der Waals surface area contributed by atoms with Gasteiger partial charge in [-0.05, 0) is 37.6 Å². The molecule has 0 spiro atoms. The maximum atomic E-state index is 5.13. The van der Waals surface area contributed by atoms with Crippen LogP contribution >= 0.6 is 0 Å². The predicted molar refractivity (Wildman–Crippen MR) is 84.9 cm³/mol. The lowest BCUT2D eigenvalue weighted by Crippen LogP contribution is -2.31. The second-order valence-electron chi connectivity index (χ2n) is 5.37. The van der Waals surface area contributed by atoms with Crippen LogP contribution in [0.4, 0.5) is 5.82 Å². The maximum Gasteiger partial charge on any atom is 0.218 e. The van der Waals surface area contributed by atoms with Crippen LogP contribution < -0.4 is 10.1 Å². The number of likely N-dealkylation sites (tertiary alicyclic amines) is 1. The van der Waals surface area contributed by atoms with Crippen LogP contribution in [0.1, 0.15) is 24.4 Å². The SMILES string of the molecule is COc1cc(NC[C@H](c2cccnc2)N2CCCC2)ncn1.